The Morgan fingerprint density at radius 2 is 0.822 bits per heavy atom. The van der Waals surface area contributed by atoms with Gasteiger partial charge in [-0.2, -0.15) is 0 Å². The molecule has 1 N–H and O–H groups in total. The van der Waals surface area contributed by atoms with Gasteiger partial charge in [0, 0.05) is 22.3 Å². The summed E-state index contributed by atoms with van der Waals surface area (Å²) in [5, 5.41) is 8.34. The van der Waals surface area contributed by atoms with Crippen molar-refractivity contribution in [1.29, 1.82) is 0 Å². The van der Waals surface area contributed by atoms with Gasteiger partial charge in [0.05, 0.1) is 28.5 Å². The number of benzene rings is 5. The minimum atomic E-state index is -0.914. The third kappa shape index (κ3) is 9.27. The molecule has 0 saturated heterocycles. The van der Waals surface area contributed by atoms with Crippen LogP contribution in [0.2, 0.25) is 0 Å². The standard InChI is InChI=1S/C20H16F2O2.C7H8BO3.C6H2F2I2/c1-23-17-9-5-3-7-13(17)15-11-12-16(20(22)19(15)21)14-8-4-6-10-18(14)24-2;1-10-6-4-2-3-5-7(6)11-8-9;7-5-3(9)1-2-4(10)6(5)8/h3-12H,1-2H3;2-5,9H,1H3;1-2H. The van der Waals surface area contributed by atoms with Crippen molar-refractivity contribution in [3.63, 3.8) is 0 Å². The van der Waals surface area contributed by atoms with Crippen molar-refractivity contribution in [3.8, 4) is 45.3 Å². The van der Waals surface area contributed by atoms with Crippen molar-refractivity contribution >= 4 is 52.9 Å². The molecule has 5 aromatic rings. The number of halogens is 6. The molecule has 0 atom stereocenters. The van der Waals surface area contributed by atoms with Crippen LogP contribution < -0.4 is 18.9 Å². The maximum atomic E-state index is 14.7. The van der Waals surface area contributed by atoms with Crippen LogP contribution in [0.5, 0.6) is 23.0 Å². The van der Waals surface area contributed by atoms with E-state index in [1.165, 1.54) is 14.2 Å². The summed E-state index contributed by atoms with van der Waals surface area (Å²) in [6.45, 7) is 0. The lowest BCUT2D eigenvalue weighted by molar-refractivity contribution is 0.381. The van der Waals surface area contributed by atoms with Gasteiger partial charge in [-0.3, -0.25) is 0 Å². The molecule has 1 radical (unpaired) electrons. The van der Waals surface area contributed by atoms with Gasteiger partial charge in [0.1, 0.15) is 17.2 Å². The summed E-state index contributed by atoms with van der Waals surface area (Å²) in [4.78, 5) is 0. The number of rotatable bonds is 7. The highest BCUT2D eigenvalue weighted by Crippen LogP contribution is 2.38. The van der Waals surface area contributed by atoms with E-state index in [2.05, 4.69) is 0 Å². The minimum Gasteiger partial charge on any atom is -0.535 e. The number of hydrogen-bond acceptors (Lipinski definition) is 5. The van der Waals surface area contributed by atoms with Gasteiger partial charge in [0.25, 0.3) is 0 Å². The summed E-state index contributed by atoms with van der Waals surface area (Å²) in [5.74, 6) is -1.28. The quantitative estimate of drug-likeness (QED) is 0.0583. The van der Waals surface area contributed by atoms with E-state index in [4.69, 9.17) is 23.9 Å². The second-order valence-corrected chi connectivity index (χ2v) is 11.0. The van der Waals surface area contributed by atoms with Crippen molar-refractivity contribution < 1.29 is 41.5 Å². The maximum absolute atomic E-state index is 14.7. The molecule has 0 fully saturated rings. The number of methoxy groups -OCH3 is 3. The molecule has 5 nitrogen and oxygen atoms in total. The van der Waals surface area contributed by atoms with E-state index in [1.54, 1.807) is 143 Å². The fraction of sp³-hybridized carbons (Fsp3) is 0.0909. The van der Waals surface area contributed by atoms with Crippen LogP contribution >= 0.6 is 45.2 Å². The smallest absolute Gasteiger partial charge is 0.535 e. The number of hydrogen-bond donors (Lipinski definition) is 1. The highest BCUT2D eigenvalue weighted by atomic mass is 127. The molecule has 0 aliphatic heterocycles. The molecule has 0 unspecified atom stereocenters. The lowest BCUT2D eigenvalue weighted by Gasteiger charge is -2.13. The molecular weight excluding hydrogens is 817 g/mol. The average Bonchev–Trinajstić information content (AvgIpc) is 3.08. The summed E-state index contributed by atoms with van der Waals surface area (Å²) < 4.78 is 75.4. The summed E-state index contributed by atoms with van der Waals surface area (Å²) in [6, 6.07) is 27.1. The molecule has 0 saturated carbocycles. The summed E-state index contributed by atoms with van der Waals surface area (Å²) in [6.07, 6.45) is 0. The number of ether oxygens (including phenoxy) is 3. The average molecular weight is 843 g/mol. The Morgan fingerprint density at radius 3 is 1.20 bits per heavy atom. The Bertz CT molecular complexity index is 1630. The van der Waals surface area contributed by atoms with E-state index in [9.17, 15) is 17.6 Å². The van der Waals surface area contributed by atoms with Gasteiger partial charge in [-0.1, -0.05) is 60.7 Å². The zero-order valence-electron chi connectivity index (χ0n) is 24.2. The highest BCUT2D eigenvalue weighted by molar-refractivity contribution is 14.1. The summed E-state index contributed by atoms with van der Waals surface area (Å²) in [7, 11) is 5.16. The van der Waals surface area contributed by atoms with Crippen LogP contribution in [0, 0.1) is 30.4 Å². The van der Waals surface area contributed by atoms with Gasteiger partial charge in [-0.05, 0) is 81.6 Å². The molecule has 0 aliphatic carbocycles. The Hall–Kier alpha value is -3.50. The van der Waals surface area contributed by atoms with Gasteiger partial charge >= 0.3 is 7.69 Å². The molecule has 5 rings (SSSR count). The largest absolute Gasteiger partial charge is 0.569 e. The zero-order chi connectivity index (χ0) is 32.9. The summed E-state index contributed by atoms with van der Waals surface area (Å²) in [5.41, 5.74) is 1.32. The first kappa shape index (κ1) is 36.0. The Balaban J connectivity index is 0.000000217. The van der Waals surface area contributed by atoms with Gasteiger partial charge in [-0.15, -0.1) is 0 Å². The predicted octanol–water partition coefficient (Wildman–Crippen LogP) is 9.09. The molecule has 0 bridgehead atoms. The highest BCUT2D eigenvalue weighted by Gasteiger charge is 2.19. The van der Waals surface area contributed by atoms with Gasteiger partial charge in [0.15, 0.2) is 29.0 Å². The first-order valence-electron chi connectivity index (χ1n) is 13.0. The normalized spacial score (nSPS) is 10.0. The Morgan fingerprint density at radius 1 is 0.467 bits per heavy atom. The van der Waals surface area contributed by atoms with Gasteiger partial charge < -0.3 is 23.9 Å². The zero-order valence-corrected chi connectivity index (χ0v) is 28.5. The topological polar surface area (TPSA) is 57.2 Å². The van der Waals surface area contributed by atoms with Crippen molar-refractivity contribution in [2.75, 3.05) is 21.3 Å². The fourth-order valence-corrected chi connectivity index (χ4v) is 4.81. The first-order chi connectivity index (χ1) is 21.7. The summed E-state index contributed by atoms with van der Waals surface area (Å²) >= 11 is 3.50. The Labute approximate surface area is 286 Å². The van der Waals surface area contributed by atoms with Crippen LogP contribution in [0.4, 0.5) is 17.6 Å². The van der Waals surface area contributed by atoms with E-state index in [0.29, 0.717) is 49.0 Å². The molecule has 5 aromatic carbocycles. The molecule has 233 valence electrons. The number of para-hydroxylation sites is 4. The monoisotopic (exact) mass is 843 g/mol. The van der Waals surface area contributed by atoms with Crippen molar-refractivity contribution in [1.82, 2.24) is 0 Å². The van der Waals surface area contributed by atoms with Crippen LogP contribution in [0.25, 0.3) is 22.3 Å². The molecule has 0 aliphatic rings. The molecule has 0 heterocycles. The molecule has 12 heteroatoms. The van der Waals surface area contributed by atoms with Crippen molar-refractivity contribution in [2.24, 2.45) is 0 Å². The molecule has 0 amide bonds. The van der Waals surface area contributed by atoms with Gasteiger partial charge in [0.2, 0.25) is 0 Å². The van der Waals surface area contributed by atoms with Crippen LogP contribution in [0.15, 0.2) is 97.1 Å². The SMILES string of the molecule is COc1ccccc1-c1ccc(-c2ccccc2OC)c(F)c1F.COc1ccccc1O[B]O.Fc1c(I)ccc(I)c1F. The lowest BCUT2D eigenvalue weighted by atomic mass is 9.98. The second-order valence-electron chi connectivity index (χ2n) is 8.72. The molecular formula is C33H26BF4I2O5. The lowest BCUT2D eigenvalue weighted by Crippen LogP contribution is -2.01. The van der Waals surface area contributed by atoms with E-state index in [-0.39, 0.29) is 11.1 Å². The van der Waals surface area contributed by atoms with Crippen LogP contribution in [0.1, 0.15) is 0 Å². The van der Waals surface area contributed by atoms with Crippen molar-refractivity contribution in [2.45, 2.75) is 0 Å². The maximum Gasteiger partial charge on any atom is 0.569 e. The van der Waals surface area contributed by atoms with Crippen LogP contribution in [0.3, 0.4) is 0 Å². The van der Waals surface area contributed by atoms with Gasteiger partial charge in [-0.25, -0.2) is 17.6 Å². The van der Waals surface area contributed by atoms with E-state index < -0.39 is 23.3 Å². The van der Waals surface area contributed by atoms with E-state index in [1.807, 2.05) is 6.07 Å². The van der Waals surface area contributed by atoms with E-state index >= 15 is 0 Å². The third-order valence-corrected chi connectivity index (χ3v) is 7.78. The Kier molecular flexibility index (Phi) is 14.3. The third-order valence-electron chi connectivity index (χ3n) is 6.11. The van der Waals surface area contributed by atoms with Crippen molar-refractivity contribution in [3.05, 3.63) is 127 Å². The van der Waals surface area contributed by atoms with Crippen LogP contribution in [-0.2, 0) is 0 Å². The van der Waals surface area contributed by atoms with E-state index in [0.717, 1.165) is 0 Å². The minimum absolute atomic E-state index is 0.156. The van der Waals surface area contributed by atoms with Crippen LogP contribution in [-0.4, -0.2) is 34.0 Å². The second kappa shape index (κ2) is 17.9. The molecule has 45 heavy (non-hydrogen) atoms. The first-order valence-corrected chi connectivity index (χ1v) is 15.1. The fourth-order valence-electron chi connectivity index (χ4n) is 3.98. The predicted molar refractivity (Wildman–Crippen MR) is 184 cm³/mol. The molecule has 0 spiro atoms. The molecule has 0 aromatic heterocycles.